The minimum atomic E-state index is -3.63. The molecule has 3 aromatic rings. The summed E-state index contributed by atoms with van der Waals surface area (Å²) >= 11 is 0. The summed E-state index contributed by atoms with van der Waals surface area (Å²) < 4.78 is 32.8. The van der Waals surface area contributed by atoms with E-state index in [0.717, 1.165) is 42.1 Å². The second kappa shape index (κ2) is 10.3. The number of benzene rings is 1. The van der Waals surface area contributed by atoms with E-state index in [4.69, 9.17) is 14.5 Å². The highest BCUT2D eigenvalue weighted by Crippen LogP contribution is 2.25. The summed E-state index contributed by atoms with van der Waals surface area (Å²) in [5, 5.41) is 8.28. The summed E-state index contributed by atoms with van der Waals surface area (Å²) in [5.74, 6) is 1.91. The van der Waals surface area contributed by atoms with Crippen molar-refractivity contribution in [3.8, 4) is 0 Å². The van der Waals surface area contributed by atoms with Crippen molar-refractivity contribution >= 4 is 26.7 Å². The molecule has 11 heteroatoms. The van der Waals surface area contributed by atoms with Gasteiger partial charge in [-0.05, 0) is 53.0 Å². The van der Waals surface area contributed by atoms with E-state index >= 15 is 0 Å². The Kier molecular flexibility index (Phi) is 7.46. The standard InChI is InChI=1S/C23H33N7O3S/c1-17-22(18(2)33-27-17)34(31,32)30-14-12-29(13-15-30)16-21-25-20-9-6-5-8-19(20)23(26-21)24-10-7-11-28(3)4/h5-6,8-9H,7,10-16H2,1-4H3,(H,24,25,26). The minimum absolute atomic E-state index is 0.184. The molecule has 1 aromatic carbocycles. The van der Waals surface area contributed by atoms with Crippen molar-refractivity contribution in [2.75, 3.05) is 58.7 Å². The van der Waals surface area contributed by atoms with Crippen molar-refractivity contribution in [1.82, 2.24) is 29.2 Å². The number of hydrogen-bond donors (Lipinski definition) is 1. The van der Waals surface area contributed by atoms with Crippen molar-refractivity contribution in [2.45, 2.75) is 31.7 Å². The van der Waals surface area contributed by atoms with Gasteiger partial charge in [0, 0.05) is 38.1 Å². The van der Waals surface area contributed by atoms with Crippen molar-refractivity contribution in [3.63, 3.8) is 0 Å². The zero-order valence-electron chi connectivity index (χ0n) is 20.3. The van der Waals surface area contributed by atoms with E-state index in [2.05, 4.69) is 34.4 Å². The topological polar surface area (TPSA) is 108 Å². The van der Waals surface area contributed by atoms with Crippen LogP contribution in [-0.2, 0) is 16.6 Å². The van der Waals surface area contributed by atoms with Crippen LogP contribution in [0.3, 0.4) is 0 Å². The molecule has 0 spiro atoms. The number of nitrogens with one attached hydrogen (secondary N) is 1. The largest absolute Gasteiger partial charge is 0.369 e. The van der Waals surface area contributed by atoms with Crippen molar-refractivity contribution in [3.05, 3.63) is 41.5 Å². The number of anilines is 1. The predicted octanol–water partition coefficient (Wildman–Crippen LogP) is 2.10. The highest BCUT2D eigenvalue weighted by molar-refractivity contribution is 7.89. The van der Waals surface area contributed by atoms with Gasteiger partial charge in [0.15, 0.2) is 5.76 Å². The Bertz CT molecular complexity index is 1220. The predicted molar refractivity (Wildman–Crippen MR) is 131 cm³/mol. The van der Waals surface area contributed by atoms with Crippen molar-refractivity contribution in [2.24, 2.45) is 0 Å². The lowest BCUT2D eigenvalue weighted by Gasteiger charge is -2.33. The van der Waals surface area contributed by atoms with Gasteiger partial charge in [0.25, 0.3) is 0 Å². The minimum Gasteiger partial charge on any atom is -0.369 e. The summed E-state index contributed by atoms with van der Waals surface area (Å²) in [6, 6.07) is 8.01. The summed E-state index contributed by atoms with van der Waals surface area (Å²) in [4.78, 5) is 14.1. The number of piperazine rings is 1. The first kappa shape index (κ1) is 24.5. The van der Waals surface area contributed by atoms with Crippen LogP contribution >= 0.6 is 0 Å². The number of aryl methyl sites for hydroxylation is 2. The molecular formula is C23H33N7O3S. The van der Waals surface area contributed by atoms with E-state index in [0.29, 0.717) is 44.2 Å². The monoisotopic (exact) mass is 487 g/mol. The molecule has 184 valence electrons. The average Bonchev–Trinajstić information content (AvgIpc) is 3.15. The third-order valence-corrected chi connectivity index (χ3v) is 8.13. The van der Waals surface area contributed by atoms with E-state index in [-0.39, 0.29) is 4.90 Å². The Morgan fingerprint density at radius 2 is 1.82 bits per heavy atom. The van der Waals surface area contributed by atoms with Crippen LogP contribution in [0.5, 0.6) is 0 Å². The molecule has 2 aromatic heterocycles. The molecule has 0 radical (unpaired) electrons. The fraction of sp³-hybridized carbons (Fsp3) is 0.522. The number of fused-ring (bicyclic) bond motifs is 1. The molecule has 1 aliphatic heterocycles. The van der Waals surface area contributed by atoms with Crippen LogP contribution in [0.15, 0.2) is 33.7 Å². The quantitative estimate of drug-likeness (QED) is 0.454. The number of para-hydroxylation sites is 1. The van der Waals surface area contributed by atoms with Crippen molar-refractivity contribution in [1.29, 1.82) is 0 Å². The molecule has 1 N–H and O–H groups in total. The molecule has 4 rings (SSSR count). The molecule has 1 saturated heterocycles. The van der Waals surface area contributed by atoms with Gasteiger partial charge < -0.3 is 14.7 Å². The Morgan fingerprint density at radius 3 is 2.50 bits per heavy atom. The number of aromatic nitrogens is 3. The number of hydrogen-bond acceptors (Lipinski definition) is 9. The van der Waals surface area contributed by atoms with E-state index in [9.17, 15) is 8.42 Å². The number of nitrogens with zero attached hydrogens (tertiary/aromatic N) is 6. The first-order valence-corrected chi connectivity index (χ1v) is 13.0. The SMILES string of the molecule is Cc1noc(C)c1S(=O)(=O)N1CCN(Cc2nc(NCCCN(C)C)c3ccccc3n2)CC1. The first-order valence-electron chi connectivity index (χ1n) is 11.6. The van der Waals surface area contributed by atoms with Crippen LogP contribution in [0, 0.1) is 13.8 Å². The summed E-state index contributed by atoms with van der Waals surface area (Å²) in [6.07, 6.45) is 1.02. The van der Waals surface area contributed by atoms with E-state index in [1.807, 2.05) is 24.3 Å². The Hall–Kier alpha value is -2.60. The molecule has 1 aliphatic rings. The van der Waals surface area contributed by atoms with Crippen LogP contribution in [0.4, 0.5) is 5.82 Å². The van der Waals surface area contributed by atoms with E-state index < -0.39 is 10.0 Å². The van der Waals surface area contributed by atoms with Crippen LogP contribution in [0.1, 0.15) is 23.7 Å². The van der Waals surface area contributed by atoms with Gasteiger partial charge in [0.1, 0.15) is 22.2 Å². The van der Waals surface area contributed by atoms with Crippen LogP contribution < -0.4 is 5.32 Å². The van der Waals surface area contributed by atoms with Gasteiger partial charge >= 0.3 is 0 Å². The molecule has 0 unspecified atom stereocenters. The smallest absolute Gasteiger partial charge is 0.248 e. The van der Waals surface area contributed by atoms with Crippen LogP contribution in [0.25, 0.3) is 10.9 Å². The molecule has 3 heterocycles. The number of sulfonamides is 1. The third kappa shape index (κ3) is 5.38. The maximum absolute atomic E-state index is 13.1. The molecule has 0 bridgehead atoms. The summed E-state index contributed by atoms with van der Waals surface area (Å²) in [6.45, 7) is 7.69. The second-order valence-corrected chi connectivity index (χ2v) is 10.8. The molecule has 1 fully saturated rings. The Labute approximate surface area is 201 Å². The van der Waals surface area contributed by atoms with Gasteiger partial charge in [-0.3, -0.25) is 4.90 Å². The Morgan fingerprint density at radius 1 is 1.09 bits per heavy atom. The molecular weight excluding hydrogens is 454 g/mol. The van der Waals surface area contributed by atoms with Gasteiger partial charge in [-0.1, -0.05) is 17.3 Å². The van der Waals surface area contributed by atoms with Gasteiger partial charge in [-0.25, -0.2) is 18.4 Å². The molecule has 10 nitrogen and oxygen atoms in total. The van der Waals surface area contributed by atoms with Crippen LogP contribution in [0.2, 0.25) is 0 Å². The molecule has 0 saturated carbocycles. The fourth-order valence-corrected chi connectivity index (χ4v) is 5.95. The maximum Gasteiger partial charge on any atom is 0.248 e. The molecule has 0 aliphatic carbocycles. The Balaban J connectivity index is 1.43. The fourth-order valence-electron chi connectivity index (χ4n) is 4.23. The zero-order chi connectivity index (χ0) is 24.3. The maximum atomic E-state index is 13.1. The molecule has 0 atom stereocenters. The van der Waals surface area contributed by atoms with E-state index in [1.165, 1.54) is 4.31 Å². The van der Waals surface area contributed by atoms with Gasteiger partial charge in [0.2, 0.25) is 10.0 Å². The van der Waals surface area contributed by atoms with Crippen molar-refractivity contribution < 1.29 is 12.9 Å². The second-order valence-electron chi connectivity index (χ2n) is 8.92. The third-order valence-electron chi connectivity index (χ3n) is 5.99. The number of rotatable bonds is 9. The highest BCUT2D eigenvalue weighted by atomic mass is 32.2. The van der Waals surface area contributed by atoms with Gasteiger partial charge in [-0.15, -0.1) is 0 Å². The van der Waals surface area contributed by atoms with E-state index in [1.54, 1.807) is 13.8 Å². The average molecular weight is 488 g/mol. The normalized spacial score (nSPS) is 15.9. The lowest BCUT2D eigenvalue weighted by Crippen LogP contribution is -2.48. The lowest BCUT2D eigenvalue weighted by atomic mass is 10.2. The summed E-state index contributed by atoms with van der Waals surface area (Å²) in [5.41, 5.74) is 1.30. The van der Waals surface area contributed by atoms with Gasteiger partial charge in [0.05, 0.1) is 12.1 Å². The first-order chi connectivity index (χ1) is 16.3. The summed E-state index contributed by atoms with van der Waals surface area (Å²) in [7, 11) is 0.509. The zero-order valence-corrected chi connectivity index (χ0v) is 21.1. The lowest BCUT2D eigenvalue weighted by molar-refractivity contribution is 0.178. The highest BCUT2D eigenvalue weighted by Gasteiger charge is 2.33. The molecule has 0 amide bonds. The van der Waals surface area contributed by atoms with Gasteiger partial charge in [-0.2, -0.15) is 4.31 Å². The van der Waals surface area contributed by atoms with Crippen LogP contribution in [-0.4, -0.2) is 91.0 Å². The molecule has 34 heavy (non-hydrogen) atoms.